The zero-order valence-electron chi connectivity index (χ0n) is 12.3. The monoisotopic (exact) mass is 290 g/mol. The zero-order valence-corrected chi connectivity index (χ0v) is 12.3. The minimum absolute atomic E-state index is 0.265. The van der Waals surface area contributed by atoms with Crippen molar-refractivity contribution in [1.82, 2.24) is 10.6 Å². The highest BCUT2D eigenvalue weighted by molar-refractivity contribution is 5.93. The highest BCUT2D eigenvalue weighted by Crippen LogP contribution is 2.28. The van der Waals surface area contributed by atoms with E-state index >= 15 is 0 Å². The Hall–Kier alpha value is -1.43. The maximum Gasteiger partial charge on any atom is 0.338 e. The number of benzene rings is 1. The van der Waals surface area contributed by atoms with Crippen molar-refractivity contribution in [3.8, 4) is 0 Å². The van der Waals surface area contributed by atoms with Crippen LogP contribution in [-0.2, 0) is 11.3 Å². The lowest BCUT2D eigenvalue weighted by atomic mass is 9.95. The summed E-state index contributed by atoms with van der Waals surface area (Å²) < 4.78 is 5.04. The molecule has 0 unspecified atom stereocenters. The van der Waals surface area contributed by atoms with Crippen molar-refractivity contribution in [2.75, 3.05) is 19.6 Å². The number of carbonyl (C=O) groups excluding carboxylic acids is 1. The van der Waals surface area contributed by atoms with E-state index in [2.05, 4.69) is 10.6 Å². The average molecular weight is 290 g/mol. The summed E-state index contributed by atoms with van der Waals surface area (Å²) in [6.07, 6.45) is 2.02. The van der Waals surface area contributed by atoms with Crippen LogP contribution in [0.2, 0.25) is 0 Å². The SMILES string of the molecule is Cc1c([C@@H](O)CNCCNC2CC2)ccc2c1COC2=O. The van der Waals surface area contributed by atoms with Crippen molar-refractivity contribution < 1.29 is 14.6 Å². The summed E-state index contributed by atoms with van der Waals surface area (Å²) in [5, 5.41) is 17.0. The molecule has 3 rings (SSSR count). The van der Waals surface area contributed by atoms with Crippen LogP contribution in [0.3, 0.4) is 0 Å². The van der Waals surface area contributed by atoms with Crippen molar-refractivity contribution in [2.24, 2.45) is 0 Å². The molecule has 1 aliphatic carbocycles. The highest BCUT2D eigenvalue weighted by Gasteiger charge is 2.25. The molecule has 0 amide bonds. The van der Waals surface area contributed by atoms with Gasteiger partial charge in [0.05, 0.1) is 11.7 Å². The van der Waals surface area contributed by atoms with Gasteiger partial charge in [-0.05, 0) is 37.0 Å². The highest BCUT2D eigenvalue weighted by atomic mass is 16.5. The molecule has 0 saturated heterocycles. The fourth-order valence-electron chi connectivity index (χ4n) is 2.73. The molecule has 5 nitrogen and oxygen atoms in total. The standard InChI is InChI=1S/C16H22N2O3/c1-10-12(4-5-13-14(10)9-21-16(13)20)15(19)8-17-6-7-18-11-2-3-11/h4-5,11,15,17-19H,2-3,6-9H2,1H3/t15-/m0/s1. The molecule has 1 saturated carbocycles. The molecule has 1 aromatic carbocycles. The van der Waals surface area contributed by atoms with E-state index < -0.39 is 6.10 Å². The Bertz CT molecular complexity index is 541. The molecule has 0 aromatic heterocycles. The van der Waals surface area contributed by atoms with Gasteiger partial charge in [0.15, 0.2) is 0 Å². The molecule has 0 spiro atoms. The van der Waals surface area contributed by atoms with Crippen LogP contribution in [-0.4, -0.2) is 36.8 Å². The number of fused-ring (bicyclic) bond motifs is 1. The molecule has 1 heterocycles. The number of esters is 1. The van der Waals surface area contributed by atoms with Crippen LogP contribution in [0, 0.1) is 6.92 Å². The van der Waals surface area contributed by atoms with Crippen LogP contribution in [0.1, 0.15) is 46.0 Å². The van der Waals surface area contributed by atoms with Gasteiger partial charge in [0.25, 0.3) is 0 Å². The van der Waals surface area contributed by atoms with Crippen molar-refractivity contribution in [3.63, 3.8) is 0 Å². The summed E-state index contributed by atoms with van der Waals surface area (Å²) in [5.41, 5.74) is 3.37. The van der Waals surface area contributed by atoms with Crippen molar-refractivity contribution in [1.29, 1.82) is 0 Å². The summed E-state index contributed by atoms with van der Waals surface area (Å²) in [6.45, 7) is 4.55. The van der Waals surface area contributed by atoms with Gasteiger partial charge in [0.2, 0.25) is 0 Å². The number of hydrogen-bond donors (Lipinski definition) is 3. The number of aliphatic hydroxyl groups is 1. The maximum absolute atomic E-state index is 11.5. The second-order valence-electron chi connectivity index (χ2n) is 5.83. The number of ether oxygens (including phenoxy) is 1. The summed E-state index contributed by atoms with van der Waals surface area (Å²) in [4.78, 5) is 11.5. The van der Waals surface area contributed by atoms with Crippen LogP contribution >= 0.6 is 0 Å². The normalized spacial score (nSPS) is 18.5. The summed E-state index contributed by atoms with van der Waals surface area (Å²) in [5.74, 6) is -0.265. The number of hydrogen-bond acceptors (Lipinski definition) is 5. The van der Waals surface area contributed by atoms with Gasteiger partial charge in [0, 0.05) is 31.2 Å². The van der Waals surface area contributed by atoms with Gasteiger partial charge in [-0.1, -0.05) is 6.07 Å². The predicted molar refractivity (Wildman–Crippen MR) is 79.2 cm³/mol. The number of rotatable bonds is 7. The molecule has 1 atom stereocenters. The Kier molecular flexibility index (Phi) is 4.24. The largest absolute Gasteiger partial charge is 0.457 e. The minimum atomic E-state index is -0.563. The van der Waals surface area contributed by atoms with Gasteiger partial charge < -0.3 is 20.5 Å². The maximum atomic E-state index is 11.5. The molecule has 0 radical (unpaired) electrons. The van der Waals surface area contributed by atoms with E-state index in [9.17, 15) is 9.90 Å². The Labute approximate surface area is 124 Å². The molecule has 5 heteroatoms. The lowest BCUT2D eigenvalue weighted by molar-refractivity contribution is 0.0535. The molecule has 114 valence electrons. The molecule has 1 aromatic rings. The first-order valence-corrected chi connectivity index (χ1v) is 7.58. The van der Waals surface area contributed by atoms with E-state index in [1.165, 1.54) is 12.8 Å². The van der Waals surface area contributed by atoms with Gasteiger partial charge >= 0.3 is 5.97 Å². The number of aliphatic hydroxyl groups excluding tert-OH is 1. The second kappa shape index (κ2) is 6.13. The van der Waals surface area contributed by atoms with Gasteiger partial charge in [-0.25, -0.2) is 4.79 Å². The Morgan fingerprint density at radius 1 is 1.38 bits per heavy atom. The van der Waals surface area contributed by atoms with Gasteiger partial charge in [-0.3, -0.25) is 0 Å². The predicted octanol–water partition coefficient (Wildman–Crippen LogP) is 1.04. The molecule has 2 aliphatic rings. The van der Waals surface area contributed by atoms with Gasteiger partial charge in [-0.15, -0.1) is 0 Å². The second-order valence-corrected chi connectivity index (χ2v) is 5.83. The lowest BCUT2D eigenvalue weighted by Gasteiger charge is -2.16. The summed E-state index contributed by atoms with van der Waals surface area (Å²) in [6, 6.07) is 4.30. The third-order valence-electron chi connectivity index (χ3n) is 4.22. The molecule has 1 fully saturated rings. The smallest absolute Gasteiger partial charge is 0.338 e. The van der Waals surface area contributed by atoms with E-state index in [0.29, 0.717) is 24.8 Å². The van der Waals surface area contributed by atoms with Gasteiger partial charge in [0.1, 0.15) is 6.61 Å². The fraction of sp³-hybridized carbons (Fsp3) is 0.562. The Morgan fingerprint density at radius 2 is 2.19 bits per heavy atom. The molecule has 21 heavy (non-hydrogen) atoms. The topological polar surface area (TPSA) is 70.6 Å². The van der Waals surface area contributed by atoms with Crippen molar-refractivity contribution in [2.45, 2.75) is 38.5 Å². The summed E-state index contributed by atoms with van der Waals surface area (Å²) >= 11 is 0. The third kappa shape index (κ3) is 3.26. The fourth-order valence-corrected chi connectivity index (χ4v) is 2.73. The van der Waals surface area contributed by atoms with E-state index in [1.807, 2.05) is 13.0 Å². The molecule has 0 bridgehead atoms. The van der Waals surface area contributed by atoms with Gasteiger partial charge in [-0.2, -0.15) is 0 Å². The number of nitrogens with one attached hydrogen (secondary N) is 2. The first-order valence-electron chi connectivity index (χ1n) is 7.58. The number of carbonyl (C=O) groups is 1. The number of cyclic esters (lactones) is 1. The first kappa shape index (κ1) is 14.5. The quantitative estimate of drug-likeness (QED) is 0.517. The molecular formula is C16H22N2O3. The van der Waals surface area contributed by atoms with E-state index in [4.69, 9.17) is 4.74 Å². The molecule has 3 N–H and O–H groups in total. The molecular weight excluding hydrogens is 268 g/mol. The van der Waals surface area contributed by atoms with E-state index in [1.54, 1.807) is 6.07 Å². The minimum Gasteiger partial charge on any atom is -0.457 e. The molecule has 1 aliphatic heterocycles. The van der Waals surface area contributed by atoms with Crippen LogP contribution in [0.4, 0.5) is 0 Å². The lowest BCUT2D eigenvalue weighted by Crippen LogP contribution is -2.31. The van der Waals surface area contributed by atoms with Crippen molar-refractivity contribution >= 4 is 5.97 Å². The first-order chi connectivity index (χ1) is 10.2. The Morgan fingerprint density at radius 3 is 2.95 bits per heavy atom. The average Bonchev–Trinajstić information content (AvgIpc) is 3.22. The van der Waals surface area contributed by atoms with Crippen LogP contribution in [0.15, 0.2) is 12.1 Å². The van der Waals surface area contributed by atoms with Crippen LogP contribution < -0.4 is 10.6 Å². The van der Waals surface area contributed by atoms with Crippen LogP contribution in [0.5, 0.6) is 0 Å². The Balaban J connectivity index is 1.54. The summed E-state index contributed by atoms with van der Waals surface area (Å²) in [7, 11) is 0. The van der Waals surface area contributed by atoms with E-state index in [0.717, 1.165) is 29.8 Å². The third-order valence-corrected chi connectivity index (χ3v) is 4.22. The van der Waals surface area contributed by atoms with E-state index in [-0.39, 0.29) is 5.97 Å². The van der Waals surface area contributed by atoms with Crippen LogP contribution in [0.25, 0.3) is 0 Å². The zero-order chi connectivity index (χ0) is 14.8. The van der Waals surface area contributed by atoms with Crippen molar-refractivity contribution in [3.05, 3.63) is 34.4 Å².